The lowest BCUT2D eigenvalue weighted by Gasteiger charge is -2.15. The van der Waals surface area contributed by atoms with Crippen LogP contribution >= 0.6 is 27.7 Å². The minimum atomic E-state index is 0.421. The van der Waals surface area contributed by atoms with Gasteiger partial charge in [-0.25, -0.2) is 4.98 Å². The van der Waals surface area contributed by atoms with Crippen LogP contribution in [0.25, 0.3) is 0 Å². The fourth-order valence-corrected chi connectivity index (χ4v) is 3.43. The van der Waals surface area contributed by atoms with E-state index in [1.165, 1.54) is 4.90 Å². The third kappa shape index (κ3) is 4.37. The molecule has 0 fully saturated rings. The second-order valence-electron chi connectivity index (χ2n) is 4.41. The van der Waals surface area contributed by atoms with E-state index in [4.69, 9.17) is 0 Å². The third-order valence-electron chi connectivity index (χ3n) is 3.01. The Bertz CT molecular complexity index is 527. The molecule has 0 aliphatic heterocycles. The summed E-state index contributed by atoms with van der Waals surface area (Å²) in [6, 6.07) is 8.83. The van der Waals surface area contributed by atoms with Gasteiger partial charge in [0.1, 0.15) is 5.82 Å². The van der Waals surface area contributed by atoms with Gasteiger partial charge in [0.15, 0.2) is 0 Å². The number of hydrogen-bond donors (Lipinski definition) is 1. The zero-order valence-electron chi connectivity index (χ0n) is 11.1. The van der Waals surface area contributed by atoms with E-state index < -0.39 is 0 Å². The molecule has 5 heteroatoms. The van der Waals surface area contributed by atoms with Crippen molar-refractivity contribution in [3.05, 3.63) is 47.0 Å². The van der Waals surface area contributed by atoms with Gasteiger partial charge < -0.3 is 9.88 Å². The summed E-state index contributed by atoms with van der Waals surface area (Å²) < 4.78 is 3.20. The molecule has 2 rings (SSSR count). The van der Waals surface area contributed by atoms with Crippen LogP contribution in [0.15, 0.2) is 46.0 Å². The average molecular weight is 340 g/mol. The van der Waals surface area contributed by atoms with Gasteiger partial charge in [0.2, 0.25) is 0 Å². The molecule has 0 radical (unpaired) electrons. The largest absolute Gasteiger partial charge is 0.338 e. The lowest BCUT2D eigenvalue weighted by Crippen LogP contribution is -2.31. The zero-order valence-corrected chi connectivity index (χ0v) is 13.5. The Morgan fingerprint density at radius 2 is 2.32 bits per heavy atom. The standard InChI is InChI=1S/C14H18BrN3S/c1-16-12(9-14-17-6-7-18(14)2)10-19-13-5-3-4-11(15)8-13/h3-8,12,16H,9-10H2,1-2H3. The number of likely N-dealkylation sites (N-methyl/N-ethyl adjacent to an activating group) is 1. The lowest BCUT2D eigenvalue weighted by atomic mass is 10.2. The van der Waals surface area contributed by atoms with Crippen LogP contribution in [0.3, 0.4) is 0 Å². The van der Waals surface area contributed by atoms with E-state index in [2.05, 4.69) is 49.0 Å². The number of thioether (sulfide) groups is 1. The Kier molecular flexibility index (Phi) is 5.48. The Hall–Kier alpha value is -0.780. The highest BCUT2D eigenvalue weighted by Crippen LogP contribution is 2.23. The molecule has 1 unspecified atom stereocenters. The molecule has 1 atom stereocenters. The van der Waals surface area contributed by atoms with Gasteiger partial charge in [-0.15, -0.1) is 11.8 Å². The van der Waals surface area contributed by atoms with E-state index in [1.54, 1.807) is 0 Å². The van der Waals surface area contributed by atoms with E-state index in [-0.39, 0.29) is 0 Å². The van der Waals surface area contributed by atoms with Crippen LogP contribution in [0.4, 0.5) is 0 Å². The number of aromatic nitrogens is 2. The molecule has 0 aliphatic carbocycles. The van der Waals surface area contributed by atoms with Gasteiger partial charge in [0, 0.05) is 47.0 Å². The minimum absolute atomic E-state index is 0.421. The van der Waals surface area contributed by atoms with E-state index in [0.717, 1.165) is 22.5 Å². The summed E-state index contributed by atoms with van der Waals surface area (Å²) in [5.41, 5.74) is 0. The predicted octanol–water partition coefficient (Wildman–Crippen LogP) is 3.11. The Balaban J connectivity index is 1.91. The van der Waals surface area contributed by atoms with Crippen molar-refractivity contribution >= 4 is 27.7 Å². The molecule has 102 valence electrons. The Morgan fingerprint density at radius 3 is 2.95 bits per heavy atom. The number of imidazole rings is 1. The van der Waals surface area contributed by atoms with Crippen LogP contribution < -0.4 is 5.32 Å². The molecule has 0 saturated carbocycles. The maximum atomic E-state index is 4.38. The van der Waals surface area contributed by atoms with E-state index in [1.807, 2.05) is 44.3 Å². The molecule has 1 N–H and O–H groups in total. The van der Waals surface area contributed by atoms with Gasteiger partial charge in [-0.05, 0) is 25.2 Å². The first kappa shape index (κ1) is 14.6. The van der Waals surface area contributed by atoms with Crippen LogP contribution in [0, 0.1) is 0 Å². The number of benzene rings is 1. The van der Waals surface area contributed by atoms with Crippen molar-refractivity contribution in [2.24, 2.45) is 7.05 Å². The first-order valence-corrected chi connectivity index (χ1v) is 7.98. The van der Waals surface area contributed by atoms with Gasteiger partial charge >= 0.3 is 0 Å². The smallest absolute Gasteiger partial charge is 0.109 e. The summed E-state index contributed by atoms with van der Waals surface area (Å²) in [5, 5.41) is 3.37. The van der Waals surface area contributed by atoms with E-state index in [0.29, 0.717) is 6.04 Å². The number of halogens is 1. The number of hydrogen-bond acceptors (Lipinski definition) is 3. The van der Waals surface area contributed by atoms with Gasteiger partial charge in [-0.2, -0.15) is 0 Å². The van der Waals surface area contributed by atoms with Crippen molar-refractivity contribution in [2.45, 2.75) is 17.4 Å². The lowest BCUT2D eigenvalue weighted by molar-refractivity contribution is 0.586. The molecule has 0 aliphatic rings. The van der Waals surface area contributed by atoms with Crippen molar-refractivity contribution in [3.63, 3.8) is 0 Å². The molecule has 19 heavy (non-hydrogen) atoms. The number of aryl methyl sites for hydroxylation is 1. The average Bonchev–Trinajstić information content (AvgIpc) is 2.80. The summed E-state index contributed by atoms with van der Waals surface area (Å²) in [6.07, 6.45) is 4.79. The summed E-state index contributed by atoms with van der Waals surface area (Å²) in [7, 11) is 4.05. The second kappa shape index (κ2) is 7.12. The molecule has 0 bridgehead atoms. The maximum Gasteiger partial charge on any atom is 0.109 e. The zero-order chi connectivity index (χ0) is 13.7. The Morgan fingerprint density at radius 1 is 1.47 bits per heavy atom. The molecule has 0 spiro atoms. The summed E-state index contributed by atoms with van der Waals surface area (Å²) in [6.45, 7) is 0. The normalized spacial score (nSPS) is 12.6. The fourth-order valence-electron chi connectivity index (χ4n) is 1.81. The monoisotopic (exact) mass is 339 g/mol. The minimum Gasteiger partial charge on any atom is -0.338 e. The molecule has 0 saturated heterocycles. The van der Waals surface area contributed by atoms with Crippen molar-refractivity contribution in [1.82, 2.24) is 14.9 Å². The fraction of sp³-hybridized carbons (Fsp3) is 0.357. The van der Waals surface area contributed by atoms with Crippen LogP contribution in [0.2, 0.25) is 0 Å². The van der Waals surface area contributed by atoms with Gasteiger partial charge in [0.05, 0.1) is 0 Å². The SMILES string of the molecule is CNC(CSc1cccc(Br)c1)Cc1nccn1C. The quantitative estimate of drug-likeness (QED) is 0.820. The molecule has 2 aromatic rings. The maximum absolute atomic E-state index is 4.38. The van der Waals surface area contributed by atoms with E-state index >= 15 is 0 Å². The third-order valence-corrected chi connectivity index (χ3v) is 4.66. The molecular weight excluding hydrogens is 322 g/mol. The highest BCUT2D eigenvalue weighted by molar-refractivity contribution is 9.10. The Labute approximate surface area is 126 Å². The predicted molar refractivity (Wildman–Crippen MR) is 84.6 cm³/mol. The van der Waals surface area contributed by atoms with Gasteiger partial charge in [-0.1, -0.05) is 22.0 Å². The molecule has 1 aromatic heterocycles. The number of rotatable bonds is 6. The summed E-state index contributed by atoms with van der Waals surface area (Å²) >= 11 is 5.37. The highest BCUT2D eigenvalue weighted by atomic mass is 79.9. The first-order valence-electron chi connectivity index (χ1n) is 6.21. The molecule has 0 amide bonds. The molecular formula is C14H18BrN3S. The first-order chi connectivity index (χ1) is 9.19. The number of nitrogens with zero attached hydrogens (tertiary/aromatic N) is 2. The van der Waals surface area contributed by atoms with Crippen LogP contribution in [-0.2, 0) is 13.5 Å². The molecule has 1 heterocycles. The molecule has 1 aromatic carbocycles. The van der Waals surface area contributed by atoms with Crippen LogP contribution in [0.1, 0.15) is 5.82 Å². The van der Waals surface area contributed by atoms with Crippen molar-refractivity contribution in [3.8, 4) is 0 Å². The topological polar surface area (TPSA) is 29.9 Å². The second-order valence-corrected chi connectivity index (χ2v) is 6.42. The van der Waals surface area contributed by atoms with Crippen molar-refractivity contribution in [1.29, 1.82) is 0 Å². The van der Waals surface area contributed by atoms with E-state index in [9.17, 15) is 0 Å². The summed E-state index contributed by atoms with van der Waals surface area (Å²) in [5.74, 6) is 2.15. The highest BCUT2D eigenvalue weighted by Gasteiger charge is 2.11. The van der Waals surface area contributed by atoms with Gasteiger partial charge in [-0.3, -0.25) is 0 Å². The van der Waals surface area contributed by atoms with Crippen molar-refractivity contribution < 1.29 is 0 Å². The summed E-state index contributed by atoms with van der Waals surface area (Å²) in [4.78, 5) is 5.67. The number of nitrogens with one attached hydrogen (secondary N) is 1. The van der Waals surface area contributed by atoms with Crippen LogP contribution in [0.5, 0.6) is 0 Å². The van der Waals surface area contributed by atoms with Crippen molar-refractivity contribution in [2.75, 3.05) is 12.8 Å². The van der Waals surface area contributed by atoms with Crippen LogP contribution in [-0.4, -0.2) is 28.4 Å². The molecule has 3 nitrogen and oxygen atoms in total. The van der Waals surface area contributed by atoms with Gasteiger partial charge in [0.25, 0.3) is 0 Å².